The smallest absolute Gasteiger partial charge is 0.340 e. The number of carbonyl (C=O) groups excluding carboxylic acids is 1. The zero-order chi connectivity index (χ0) is 21.8. The van der Waals surface area contributed by atoms with Crippen LogP contribution in [0.4, 0.5) is 4.39 Å². The van der Waals surface area contributed by atoms with Gasteiger partial charge in [0.2, 0.25) is 0 Å². The lowest BCUT2D eigenvalue weighted by Crippen LogP contribution is -2.17. The lowest BCUT2D eigenvalue weighted by molar-refractivity contribution is 0.0549. The number of H-pyrrole nitrogens is 1. The molecule has 0 aliphatic rings. The second-order valence-electron chi connectivity index (χ2n) is 7.12. The van der Waals surface area contributed by atoms with Crippen molar-refractivity contribution in [3.63, 3.8) is 0 Å². The Hall–Kier alpha value is -3.00. The van der Waals surface area contributed by atoms with E-state index in [1.54, 1.807) is 13.0 Å². The van der Waals surface area contributed by atoms with Gasteiger partial charge in [-0.2, -0.15) is 0 Å². The van der Waals surface area contributed by atoms with Crippen molar-refractivity contribution in [2.45, 2.75) is 25.9 Å². The van der Waals surface area contributed by atoms with Gasteiger partial charge in [-0.25, -0.2) is 19.2 Å². The van der Waals surface area contributed by atoms with Crippen LogP contribution in [-0.4, -0.2) is 33.3 Å². The Morgan fingerprint density at radius 1 is 1.37 bits per heavy atom. The number of nitrogens with one attached hydrogen (secondary N) is 1. The Morgan fingerprint density at radius 3 is 2.80 bits per heavy atom. The van der Waals surface area contributed by atoms with E-state index < -0.39 is 17.3 Å². The molecule has 0 bridgehead atoms. The number of carbonyl (C=O) groups is 1. The average Bonchev–Trinajstić information content (AvgIpc) is 2.69. The fraction of sp³-hybridized carbons (Fsp3) is 0.273. The molecule has 0 saturated heterocycles. The summed E-state index contributed by atoms with van der Waals surface area (Å²) < 4.78 is 19.2. The molecule has 0 amide bonds. The van der Waals surface area contributed by atoms with Crippen molar-refractivity contribution in [3.05, 3.63) is 64.3 Å². The zero-order valence-corrected chi connectivity index (χ0v) is 17.8. The number of halogens is 1. The second-order valence-corrected chi connectivity index (χ2v) is 8.13. The molecule has 8 heteroatoms. The summed E-state index contributed by atoms with van der Waals surface area (Å²) in [5.74, 6) is 0.0270. The fourth-order valence-corrected chi connectivity index (χ4v) is 3.78. The maximum Gasteiger partial charge on any atom is 0.340 e. The zero-order valence-electron chi connectivity index (χ0n) is 17.0. The third kappa shape index (κ3) is 4.59. The largest absolute Gasteiger partial charge is 0.458 e. The molecular formula is C22H22FN3O3S. The van der Waals surface area contributed by atoms with Crippen molar-refractivity contribution in [1.82, 2.24) is 15.0 Å². The monoisotopic (exact) mass is 427 g/mol. The Balaban J connectivity index is 2.31. The topological polar surface area (TPSA) is 84.9 Å². The van der Waals surface area contributed by atoms with Crippen molar-refractivity contribution in [2.75, 3.05) is 12.4 Å². The van der Waals surface area contributed by atoms with Crippen LogP contribution in [0.2, 0.25) is 0 Å². The number of benzene rings is 1. The molecule has 1 N–H and O–H groups in total. The van der Waals surface area contributed by atoms with Crippen molar-refractivity contribution in [1.29, 1.82) is 0 Å². The third-order valence-corrected chi connectivity index (χ3v) is 5.52. The van der Waals surface area contributed by atoms with Gasteiger partial charge >= 0.3 is 5.97 Å². The number of aromatic amines is 1. The standard InChI is InChI=1S/C22H22FN3O3S/c1-5-9-29-21(28)16-13(4)24-19-18(17(16)14-7-6-8-15(23)10-14)20(27)26-22(25-19)30-11-12(2)3/h5-8,10,12H,1,9,11H2,2-4H3,(H,24,25,26,27). The van der Waals surface area contributed by atoms with E-state index in [4.69, 9.17) is 4.74 Å². The molecule has 2 aromatic heterocycles. The van der Waals surface area contributed by atoms with E-state index in [9.17, 15) is 14.0 Å². The first-order valence-electron chi connectivity index (χ1n) is 9.43. The Labute approximate surface area is 177 Å². The summed E-state index contributed by atoms with van der Waals surface area (Å²) in [7, 11) is 0. The predicted octanol–water partition coefficient (Wildman–Crippen LogP) is 4.52. The summed E-state index contributed by atoms with van der Waals surface area (Å²) in [6.45, 7) is 9.30. The van der Waals surface area contributed by atoms with Gasteiger partial charge in [-0.15, -0.1) is 0 Å². The van der Waals surface area contributed by atoms with Crippen LogP contribution in [0.25, 0.3) is 22.2 Å². The van der Waals surface area contributed by atoms with Crippen LogP contribution in [0, 0.1) is 18.7 Å². The van der Waals surface area contributed by atoms with Crippen LogP contribution >= 0.6 is 11.8 Å². The Bertz CT molecular complexity index is 1170. The molecule has 0 fully saturated rings. The fourth-order valence-electron chi connectivity index (χ4n) is 2.97. The van der Waals surface area contributed by atoms with E-state index in [2.05, 4.69) is 35.4 Å². The molecule has 0 aliphatic heterocycles. The molecule has 30 heavy (non-hydrogen) atoms. The SMILES string of the molecule is C=CCOC(=O)c1c(C)nc2nc(SCC(C)C)[nH]c(=O)c2c1-c1cccc(F)c1. The van der Waals surface area contributed by atoms with Crippen LogP contribution in [-0.2, 0) is 4.74 Å². The molecule has 0 atom stereocenters. The molecule has 3 rings (SSSR count). The lowest BCUT2D eigenvalue weighted by atomic mass is 9.96. The van der Waals surface area contributed by atoms with E-state index in [-0.39, 0.29) is 28.8 Å². The van der Waals surface area contributed by atoms with Crippen molar-refractivity contribution < 1.29 is 13.9 Å². The minimum absolute atomic E-state index is 0.00170. The van der Waals surface area contributed by atoms with Crippen LogP contribution < -0.4 is 5.56 Å². The van der Waals surface area contributed by atoms with Gasteiger partial charge in [0, 0.05) is 11.3 Å². The van der Waals surface area contributed by atoms with E-state index >= 15 is 0 Å². The normalized spacial score (nSPS) is 11.1. The number of rotatable bonds is 7. The highest BCUT2D eigenvalue weighted by molar-refractivity contribution is 7.99. The number of pyridine rings is 1. The number of hydrogen-bond acceptors (Lipinski definition) is 6. The molecule has 1 aromatic carbocycles. The number of fused-ring (bicyclic) bond motifs is 1. The highest BCUT2D eigenvalue weighted by Crippen LogP contribution is 2.32. The van der Waals surface area contributed by atoms with Gasteiger partial charge < -0.3 is 9.72 Å². The number of esters is 1. The summed E-state index contributed by atoms with van der Waals surface area (Å²) >= 11 is 1.42. The highest BCUT2D eigenvalue weighted by Gasteiger charge is 2.24. The Kier molecular flexibility index (Phi) is 6.66. The van der Waals surface area contributed by atoms with Crippen LogP contribution in [0.15, 0.2) is 46.9 Å². The van der Waals surface area contributed by atoms with Crippen molar-refractivity contribution in [2.24, 2.45) is 5.92 Å². The van der Waals surface area contributed by atoms with Gasteiger partial charge in [0.05, 0.1) is 16.6 Å². The van der Waals surface area contributed by atoms with Crippen molar-refractivity contribution >= 4 is 28.8 Å². The minimum Gasteiger partial charge on any atom is -0.458 e. The molecule has 0 radical (unpaired) electrons. The van der Waals surface area contributed by atoms with Gasteiger partial charge in [-0.1, -0.05) is 50.4 Å². The Morgan fingerprint density at radius 2 is 2.13 bits per heavy atom. The van der Waals surface area contributed by atoms with Gasteiger partial charge in [0.1, 0.15) is 12.4 Å². The first-order valence-corrected chi connectivity index (χ1v) is 10.4. The summed E-state index contributed by atoms with van der Waals surface area (Å²) in [6, 6.07) is 5.69. The van der Waals surface area contributed by atoms with Gasteiger partial charge in [0.15, 0.2) is 10.8 Å². The first kappa shape index (κ1) is 21.7. The number of aryl methyl sites for hydroxylation is 1. The second kappa shape index (κ2) is 9.21. The van der Waals surface area contributed by atoms with E-state index in [1.165, 1.54) is 36.0 Å². The minimum atomic E-state index is -0.668. The molecule has 6 nitrogen and oxygen atoms in total. The van der Waals surface area contributed by atoms with Crippen LogP contribution in [0.3, 0.4) is 0 Å². The number of hydrogen-bond donors (Lipinski definition) is 1. The van der Waals surface area contributed by atoms with Gasteiger partial charge in [-0.3, -0.25) is 4.79 Å². The molecule has 0 saturated carbocycles. The van der Waals surface area contributed by atoms with E-state index in [0.29, 0.717) is 22.3 Å². The first-order chi connectivity index (χ1) is 14.3. The van der Waals surface area contributed by atoms with E-state index in [1.807, 2.05) is 0 Å². The maximum absolute atomic E-state index is 14.0. The number of thioether (sulfide) groups is 1. The summed E-state index contributed by atoms with van der Waals surface area (Å²) in [4.78, 5) is 37.4. The maximum atomic E-state index is 14.0. The molecule has 2 heterocycles. The van der Waals surface area contributed by atoms with Crippen LogP contribution in [0.1, 0.15) is 29.9 Å². The lowest BCUT2D eigenvalue weighted by Gasteiger charge is -2.15. The molecule has 0 unspecified atom stereocenters. The van der Waals surface area contributed by atoms with E-state index in [0.717, 1.165) is 5.75 Å². The number of nitrogens with zero attached hydrogens (tertiary/aromatic N) is 2. The summed E-state index contributed by atoms with van der Waals surface area (Å²) in [6.07, 6.45) is 1.44. The van der Waals surface area contributed by atoms with Gasteiger partial charge in [0.25, 0.3) is 5.56 Å². The predicted molar refractivity (Wildman–Crippen MR) is 116 cm³/mol. The molecule has 156 valence electrons. The summed E-state index contributed by atoms with van der Waals surface area (Å²) in [5, 5.41) is 0.561. The number of aromatic nitrogens is 3. The van der Waals surface area contributed by atoms with Gasteiger partial charge in [-0.05, 0) is 30.5 Å². The molecule has 0 spiro atoms. The molecule has 3 aromatic rings. The number of ether oxygens (including phenoxy) is 1. The summed E-state index contributed by atoms with van der Waals surface area (Å²) in [5.41, 5.74) is 0.808. The molecule has 0 aliphatic carbocycles. The highest BCUT2D eigenvalue weighted by atomic mass is 32.2. The molecular weight excluding hydrogens is 405 g/mol. The van der Waals surface area contributed by atoms with Crippen molar-refractivity contribution in [3.8, 4) is 11.1 Å². The quantitative estimate of drug-likeness (QED) is 0.258. The average molecular weight is 428 g/mol. The van der Waals surface area contributed by atoms with Crippen LogP contribution in [0.5, 0.6) is 0 Å². The third-order valence-electron chi connectivity index (χ3n) is 4.22.